The van der Waals surface area contributed by atoms with Crippen molar-refractivity contribution in [3.63, 3.8) is 0 Å². The number of ether oxygens (including phenoxy) is 2. The van der Waals surface area contributed by atoms with E-state index in [0.29, 0.717) is 18.7 Å². The van der Waals surface area contributed by atoms with Crippen LogP contribution in [-0.2, 0) is 26.0 Å². The Morgan fingerprint density at radius 3 is 2.69 bits per heavy atom. The van der Waals surface area contributed by atoms with E-state index < -0.39 is 39.9 Å². The van der Waals surface area contributed by atoms with Crippen molar-refractivity contribution in [3.05, 3.63) is 45.9 Å². The van der Waals surface area contributed by atoms with Crippen LogP contribution in [0.4, 0.5) is 0 Å². The largest absolute Gasteiger partial charge is 0.466 e. The average molecular weight is 399 g/mol. The molecule has 0 aromatic heterocycles. The number of aliphatic hydroxyl groups is 2. The van der Waals surface area contributed by atoms with Crippen LogP contribution in [0, 0.1) is 0 Å². The van der Waals surface area contributed by atoms with Gasteiger partial charge in [-0.2, -0.15) is 4.31 Å². The normalized spacial score (nSPS) is 36.8. The molecule has 142 valence electrons. The molecule has 5 unspecified atom stereocenters. The van der Waals surface area contributed by atoms with Gasteiger partial charge in [0.1, 0.15) is 23.2 Å². The zero-order valence-electron chi connectivity index (χ0n) is 14.2. The van der Waals surface area contributed by atoms with Crippen LogP contribution in [-0.4, -0.2) is 59.3 Å². The van der Waals surface area contributed by atoms with Gasteiger partial charge in [-0.3, -0.25) is 0 Å². The van der Waals surface area contributed by atoms with E-state index in [4.69, 9.17) is 9.47 Å². The zero-order valence-corrected chi connectivity index (χ0v) is 15.8. The summed E-state index contributed by atoms with van der Waals surface area (Å²) in [7, 11) is -3.72. The maximum Gasteiger partial charge on any atom is 0.252 e. The molecule has 5 atom stereocenters. The number of hydrogen-bond acceptors (Lipinski definition) is 7. The Kier molecular flexibility index (Phi) is 4.79. The lowest BCUT2D eigenvalue weighted by Crippen LogP contribution is -2.57. The first kappa shape index (κ1) is 18.3. The van der Waals surface area contributed by atoms with Gasteiger partial charge < -0.3 is 19.7 Å². The summed E-state index contributed by atoms with van der Waals surface area (Å²) >= 11 is 1.02. The maximum absolute atomic E-state index is 13.1. The van der Waals surface area contributed by atoms with Crippen molar-refractivity contribution in [1.29, 1.82) is 0 Å². The number of nitrogens with zero attached hydrogens (tertiary/aromatic N) is 1. The van der Waals surface area contributed by atoms with Crippen LogP contribution in [0.1, 0.15) is 18.9 Å². The molecule has 0 aliphatic carbocycles. The molecule has 0 saturated carbocycles. The van der Waals surface area contributed by atoms with Crippen LogP contribution in [0.15, 0.2) is 40.3 Å². The highest BCUT2D eigenvalue weighted by Gasteiger charge is 2.51. The minimum atomic E-state index is -3.72. The number of rotatable bonds is 2. The van der Waals surface area contributed by atoms with Crippen molar-refractivity contribution in [2.24, 2.45) is 0 Å². The first-order valence-corrected chi connectivity index (χ1v) is 10.8. The van der Waals surface area contributed by atoms with Gasteiger partial charge in [-0.15, -0.1) is 0 Å². The molecule has 26 heavy (non-hydrogen) atoms. The van der Waals surface area contributed by atoms with Crippen molar-refractivity contribution < 1.29 is 28.1 Å². The Morgan fingerprint density at radius 1 is 1.23 bits per heavy atom. The summed E-state index contributed by atoms with van der Waals surface area (Å²) in [5, 5.41) is 19.7. The molecule has 1 aromatic rings. The average Bonchev–Trinajstić information content (AvgIpc) is 2.62. The predicted molar refractivity (Wildman–Crippen MR) is 96.2 cm³/mol. The third-order valence-corrected chi connectivity index (χ3v) is 8.70. The summed E-state index contributed by atoms with van der Waals surface area (Å²) in [6.07, 6.45) is -3.09. The molecule has 0 bridgehead atoms. The number of aliphatic hydroxyl groups excluding tert-OH is 2. The summed E-state index contributed by atoms with van der Waals surface area (Å²) in [5.74, 6) is 0.386. The van der Waals surface area contributed by atoms with Crippen LogP contribution in [0.5, 0.6) is 0 Å². The Morgan fingerprint density at radius 2 is 1.96 bits per heavy atom. The molecule has 1 saturated heterocycles. The van der Waals surface area contributed by atoms with E-state index in [1.165, 1.54) is 4.31 Å². The maximum atomic E-state index is 13.1. The number of benzene rings is 1. The van der Waals surface area contributed by atoms with Crippen molar-refractivity contribution >= 4 is 21.8 Å². The van der Waals surface area contributed by atoms with Gasteiger partial charge in [-0.1, -0.05) is 42.1 Å². The van der Waals surface area contributed by atoms with Crippen molar-refractivity contribution in [2.75, 3.05) is 6.54 Å². The van der Waals surface area contributed by atoms with E-state index in [1.54, 1.807) is 6.92 Å². The summed E-state index contributed by atoms with van der Waals surface area (Å²) in [6, 6.07) is 9.40. The van der Waals surface area contributed by atoms with Crippen LogP contribution in [0.2, 0.25) is 0 Å². The van der Waals surface area contributed by atoms with Crippen LogP contribution < -0.4 is 0 Å². The molecule has 0 spiro atoms. The standard InChI is InChI=1S/C17H21NO6S2/c1-10-13(19)14(20)15-16(23-10)24-12-7-8-18(26(21,22)17(12)25-15)9-11-5-3-2-4-6-11/h2-6,10,13-16,19-20H,7-9H2,1H3. The smallest absolute Gasteiger partial charge is 0.252 e. The molecule has 0 amide bonds. The van der Waals surface area contributed by atoms with E-state index in [2.05, 4.69) is 0 Å². The van der Waals surface area contributed by atoms with Crippen LogP contribution in [0.3, 0.4) is 0 Å². The van der Waals surface area contributed by atoms with Gasteiger partial charge in [0.15, 0.2) is 4.24 Å². The van der Waals surface area contributed by atoms with Gasteiger partial charge >= 0.3 is 0 Å². The van der Waals surface area contributed by atoms with Gasteiger partial charge in [0.2, 0.25) is 6.29 Å². The van der Waals surface area contributed by atoms with Crippen LogP contribution in [0.25, 0.3) is 0 Å². The minimum absolute atomic E-state index is 0.116. The number of hydrogen-bond donors (Lipinski definition) is 2. The molecular formula is C17H21NO6S2. The Balaban J connectivity index is 1.61. The topological polar surface area (TPSA) is 96.3 Å². The lowest BCUT2D eigenvalue weighted by Gasteiger charge is -2.45. The second kappa shape index (κ2) is 6.81. The number of fused-ring (bicyclic) bond motifs is 1. The van der Waals surface area contributed by atoms with Crippen molar-refractivity contribution in [2.45, 2.75) is 49.7 Å². The number of sulfonamides is 1. The lowest BCUT2D eigenvalue weighted by atomic mass is 10.0. The van der Waals surface area contributed by atoms with E-state index >= 15 is 0 Å². The molecule has 2 N–H and O–H groups in total. The monoisotopic (exact) mass is 399 g/mol. The van der Waals surface area contributed by atoms with Crippen molar-refractivity contribution in [1.82, 2.24) is 4.31 Å². The quantitative estimate of drug-likeness (QED) is 0.766. The van der Waals surface area contributed by atoms with Gasteiger partial charge in [-0.25, -0.2) is 8.42 Å². The zero-order chi connectivity index (χ0) is 18.5. The molecule has 7 nitrogen and oxygen atoms in total. The fraction of sp³-hybridized carbons (Fsp3) is 0.529. The summed E-state index contributed by atoms with van der Waals surface area (Å²) in [5.41, 5.74) is 0.907. The highest BCUT2D eigenvalue weighted by molar-refractivity contribution is 8.18. The first-order valence-electron chi connectivity index (χ1n) is 8.50. The molecule has 0 radical (unpaired) electrons. The molecular weight excluding hydrogens is 378 g/mol. The van der Waals surface area contributed by atoms with Crippen LogP contribution >= 0.6 is 11.8 Å². The van der Waals surface area contributed by atoms with E-state index in [-0.39, 0.29) is 10.8 Å². The summed E-state index contributed by atoms with van der Waals surface area (Å²) in [4.78, 5) is 0. The highest BCUT2D eigenvalue weighted by Crippen LogP contribution is 2.46. The first-order chi connectivity index (χ1) is 12.4. The van der Waals surface area contributed by atoms with Gasteiger partial charge in [0, 0.05) is 19.5 Å². The lowest BCUT2D eigenvalue weighted by molar-refractivity contribution is -0.230. The van der Waals surface area contributed by atoms with Crippen molar-refractivity contribution in [3.8, 4) is 0 Å². The fourth-order valence-electron chi connectivity index (χ4n) is 3.38. The second-order valence-corrected chi connectivity index (χ2v) is 10.00. The summed E-state index contributed by atoms with van der Waals surface area (Å²) in [6.45, 7) is 2.27. The third kappa shape index (κ3) is 3.06. The Labute approximate surface area is 156 Å². The summed E-state index contributed by atoms with van der Waals surface area (Å²) < 4.78 is 39.1. The fourth-order valence-corrected chi connectivity index (χ4v) is 6.90. The second-order valence-electron chi connectivity index (χ2n) is 6.68. The molecule has 1 fully saturated rings. The minimum Gasteiger partial charge on any atom is -0.466 e. The Hall–Kier alpha value is -1.10. The van der Waals surface area contributed by atoms with Gasteiger partial charge in [0.25, 0.3) is 10.0 Å². The van der Waals surface area contributed by atoms with E-state index in [0.717, 1.165) is 17.3 Å². The van der Waals surface area contributed by atoms with E-state index in [9.17, 15) is 18.6 Å². The number of thioether (sulfide) groups is 1. The SMILES string of the molecule is CC1OC2OC3=C(SC2C(O)C1O)S(=O)(=O)N(Cc1ccccc1)CC3. The third-order valence-electron chi connectivity index (χ3n) is 4.88. The molecule has 4 rings (SSSR count). The molecule has 3 heterocycles. The molecule has 9 heteroatoms. The van der Waals surface area contributed by atoms with Gasteiger partial charge in [0.05, 0.1) is 6.10 Å². The van der Waals surface area contributed by atoms with Gasteiger partial charge in [-0.05, 0) is 12.5 Å². The molecule has 1 aromatic carbocycles. The van der Waals surface area contributed by atoms with E-state index in [1.807, 2.05) is 30.3 Å². The molecule has 3 aliphatic rings. The Bertz CT molecular complexity index is 812. The highest BCUT2D eigenvalue weighted by atomic mass is 32.3. The predicted octanol–water partition coefficient (Wildman–Crippen LogP) is 0.990. The molecule has 3 aliphatic heterocycles.